The number of hydrogen-bond donors (Lipinski definition) is 0. The third-order valence-electron chi connectivity index (χ3n) is 9.76. The summed E-state index contributed by atoms with van der Waals surface area (Å²) in [5.41, 5.74) is 10.9. The molecule has 10 rings (SSSR count). The van der Waals surface area contributed by atoms with Crippen molar-refractivity contribution >= 4 is 71.6 Å². The molecule has 3 nitrogen and oxygen atoms in total. The first-order chi connectivity index (χ1) is 24.3. The van der Waals surface area contributed by atoms with Gasteiger partial charge in [0.15, 0.2) is 0 Å². The van der Waals surface area contributed by atoms with Crippen LogP contribution in [0.25, 0.3) is 71.3 Å². The molecule has 2 aromatic heterocycles. The van der Waals surface area contributed by atoms with E-state index in [4.69, 9.17) is 4.42 Å². The zero-order chi connectivity index (χ0) is 32.3. The van der Waals surface area contributed by atoms with Crippen LogP contribution in [0.1, 0.15) is 0 Å². The molecule has 8 aromatic carbocycles. The van der Waals surface area contributed by atoms with Gasteiger partial charge in [-0.05, 0) is 77.2 Å². The second-order valence-corrected chi connectivity index (χ2v) is 12.6. The van der Waals surface area contributed by atoms with Crippen molar-refractivity contribution in [2.24, 2.45) is 0 Å². The Labute approximate surface area is 283 Å². The van der Waals surface area contributed by atoms with E-state index in [0.717, 1.165) is 44.7 Å². The molecule has 0 aliphatic carbocycles. The summed E-state index contributed by atoms with van der Waals surface area (Å²) in [6.07, 6.45) is 0. The third-order valence-corrected chi connectivity index (χ3v) is 9.76. The van der Waals surface area contributed by atoms with Gasteiger partial charge in [0.1, 0.15) is 11.2 Å². The maximum absolute atomic E-state index is 6.36. The standard InChI is InChI=1S/C46H30N2O/c1-3-11-31(12-4-1)32-19-22-35(23-20-32)47(37-25-28-41-40-16-8-10-18-44(40)49-45(41)30-37)36-24-27-38-33(29-36)21-26-42-39-15-7-9-17-43(39)48(46(38)42)34-13-5-2-6-14-34/h1-30H. The number of anilines is 3. The van der Waals surface area contributed by atoms with Gasteiger partial charge in [0, 0.05) is 55.7 Å². The van der Waals surface area contributed by atoms with E-state index in [-0.39, 0.29) is 0 Å². The quantitative estimate of drug-likeness (QED) is 0.190. The SMILES string of the molecule is c1ccc(-c2ccc(N(c3ccc4c(ccc5c6ccccc6n(-c6ccccc6)c45)c3)c3ccc4c(c3)oc3ccccc34)cc2)cc1. The van der Waals surface area contributed by atoms with Gasteiger partial charge in [-0.1, -0.05) is 115 Å². The van der Waals surface area contributed by atoms with Gasteiger partial charge in [-0.2, -0.15) is 0 Å². The van der Waals surface area contributed by atoms with Crippen LogP contribution in [-0.2, 0) is 0 Å². The van der Waals surface area contributed by atoms with Crippen LogP contribution < -0.4 is 4.90 Å². The highest BCUT2D eigenvalue weighted by Gasteiger charge is 2.19. The lowest BCUT2D eigenvalue weighted by molar-refractivity contribution is 0.669. The summed E-state index contributed by atoms with van der Waals surface area (Å²) in [7, 11) is 0. The summed E-state index contributed by atoms with van der Waals surface area (Å²) in [6, 6.07) is 65.0. The fraction of sp³-hybridized carbons (Fsp3) is 0. The molecule has 0 aliphatic heterocycles. The van der Waals surface area contributed by atoms with Crippen LogP contribution in [0.15, 0.2) is 186 Å². The molecule has 2 heterocycles. The van der Waals surface area contributed by atoms with E-state index >= 15 is 0 Å². The Balaban J connectivity index is 1.18. The summed E-state index contributed by atoms with van der Waals surface area (Å²) in [4.78, 5) is 2.33. The lowest BCUT2D eigenvalue weighted by atomic mass is 10.0. The van der Waals surface area contributed by atoms with E-state index in [2.05, 4.69) is 179 Å². The zero-order valence-corrected chi connectivity index (χ0v) is 26.6. The smallest absolute Gasteiger partial charge is 0.137 e. The highest BCUT2D eigenvalue weighted by Crippen LogP contribution is 2.42. The molecular weight excluding hydrogens is 597 g/mol. The largest absolute Gasteiger partial charge is 0.456 e. The van der Waals surface area contributed by atoms with Gasteiger partial charge < -0.3 is 13.9 Å². The van der Waals surface area contributed by atoms with Crippen molar-refractivity contribution in [1.29, 1.82) is 0 Å². The van der Waals surface area contributed by atoms with Crippen molar-refractivity contribution < 1.29 is 4.42 Å². The number of furan rings is 1. The average molecular weight is 627 g/mol. The van der Waals surface area contributed by atoms with Gasteiger partial charge in [0.05, 0.1) is 11.0 Å². The number of fused-ring (bicyclic) bond motifs is 8. The number of aromatic nitrogens is 1. The van der Waals surface area contributed by atoms with Crippen molar-refractivity contribution in [3.05, 3.63) is 182 Å². The Morgan fingerprint density at radius 1 is 0.388 bits per heavy atom. The molecule has 0 amide bonds. The number of para-hydroxylation sites is 3. The Bertz CT molecular complexity index is 2810. The molecule has 0 radical (unpaired) electrons. The molecule has 0 spiro atoms. The summed E-state index contributed by atoms with van der Waals surface area (Å²) in [5, 5.41) is 7.16. The van der Waals surface area contributed by atoms with E-state index in [1.54, 1.807) is 0 Å². The molecule has 0 saturated heterocycles. The third kappa shape index (κ3) is 4.44. The summed E-state index contributed by atoms with van der Waals surface area (Å²) < 4.78 is 8.77. The fourth-order valence-corrected chi connectivity index (χ4v) is 7.49. The van der Waals surface area contributed by atoms with Crippen molar-refractivity contribution in [3.63, 3.8) is 0 Å². The normalized spacial score (nSPS) is 11.7. The van der Waals surface area contributed by atoms with Gasteiger partial charge in [-0.25, -0.2) is 0 Å². The van der Waals surface area contributed by atoms with Crippen LogP contribution in [0.3, 0.4) is 0 Å². The van der Waals surface area contributed by atoms with Crippen molar-refractivity contribution in [2.75, 3.05) is 4.90 Å². The molecule has 0 unspecified atom stereocenters. The number of rotatable bonds is 5. The van der Waals surface area contributed by atoms with E-state index in [0.29, 0.717) is 0 Å². The molecule has 0 aliphatic rings. The average Bonchev–Trinajstić information content (AvgIpc) is 3.71. The van der Waals surface area contributed by atoms with Crippen LogP contribution in [-0.4, -0.2) is 4.57 Å². The number of benzene rings is 8. The minimum absolute atomic E-state index is 0.875. The van der Waals surface area contributed by atoms with Crippen molar-refractivity contribution in [2.45, 2.75) is 0 Å². The monoisotopic (exact) mass is 626 g/mol. The molecule has 10 aromatic rings. The van der Waals surface area contributed by atoms with Crippen LogP contribution in [0.2, 0.25) is 0 Å². The second kappa shape index (κ2) is 11.0. The minimum Gasteiger partial charge on any atom is -0.456 e. The molecule has 0 bridgehead atoms. The summed E-state index contributed by atoms with van der Waals surface area (Å²) >= 11 is 0. The Morgan fingerprint density at radius 2 is 0.980 bits per heavy atom. The van der Waals surface area contributed by atoms with E-state index < -0.39 is 0 Å². The van der Waals surface area contributed by atoms with Crippen molar-refractivity contribution in [3.8, 4) is 16.8 Å². The highest BCUT2D eigenvalue weighted by molar-refractivity contribution is 6.19. The summed E-state index contributed by atoms with van der Waals surface area (Å²) in [5.74, 6) is 0. The van der Waals surface area contributed by atoms with Gasteiger partial charge in [-0.3, -0.25) is 0 Å². The molecular formula is C46H30N2O. The maximum atomic E-state index is 6.36. The number of nitrogens with zero attached hydrogens (tertiary/aromatic N) is 2. The van der Waals surface area contributed by atoms with Gasteiger partial charge >= 0.3 is 0 Å². The first kappa shape index (κ1) is 27.5. The van der Waals surface area contributed by atoms with Gasteiger partial charge in [0.25, 0.3) is 0 Å². The second-order valence-electron chi connectivity index (χ2n) is 12.6. The lowest BCUT2D eigenvalue weighted by Crippen LogP contribution is -2.09. The molecule has 3 heteroatoms. The number of hydrogen-bond acceptors (Lipinski definition) is 2. The van der Waals surface area contributed by atoms with Gasteiger partial charge in [-0.15, -0.1) is 0 Å². The Hall–Kier alpha value is -6.58. The maximum Gasteiger partial charge on any atom is 0.137 e. The van der Waals surface area contributed by atoms with E-state index in [1.165, 1.54) is 43.7 Å². The fourth-order valence-electron chi connectivity index (χ4n) is 7.49. The highest BCUT2D eigenvalue weighted by atomic mass is 16.3. The molecule has 0 fully saturated rings. The summed E-state index contributed by atoms with van der Waals surface area (Å²) in [6.45, 7) is 0. The van der Waals surface area contributed by atoms with Gasteiger partial charge in [0.2, 0.25) is 0 Å². The van der Waals surface area contributed by atoms with Crippen LogP contribution in [0.5, 0.6) is 0 Å². The first-order valence-electron chi connectivity index (χ1n) is 16.7. The molecule has 49 heavy (non-hydrogen) atoms. The molecule has 230 valence electrons. The molecule has 0 atom stereocenters. The van der Waals surface area contributed by atoms with Crippen LogP contribution >= 0.6 is 0 Å². The van der Waals surface area contributed by atoms with E-state index in [1.807, 2.05) is 12.1 Å². The van der Waals surface area contributed by atoms with Crippen LogP contribution in [0, 0.1) is 0 Å². The van der Waals surface area contributed by atoms with E-state index in [9.17, 15) is 0 Å². The molecule has 0 N–H and O–H groups in total. The predicted octanol–water partition coefficient (Wildman–Crippen LogP) is 13.0. The molecule has 0 saturated carbocycles. The Morgan fingerprint density at radius 3 is 1.80 bits per heavy atom. The first-order valence-corrected chi connectivity index (χ1v) is 16.7. The minimum atomic E-state index is 0.875. The van der Waals surface area contributed by atoms with Crippen molar-refractivity contribution in [1.82, 2.24) is 4.57 Å². The predicted molar refractivity (Wildman–Crippen MR) is 206 cm³/mol. The Kier molecular flexibility index (Phi) is 6.18. The zero-order valence-electron chi connectivity index (χ0n) is 26.6. The lowest BCUT2D eigenvalue weighted by Gasteiger charge is -2.26. The topological polar surface area (TPSA) is 21.3 Å². The van der Waals surface area contributed by atoms with Crippen LogP contribution in [0.4, 0.5) is 17.1 Å².